The lowest BCUT2D eigenvalue weighted by Crippen LogP contribution is -2.48. The minimum atomic E-state index is -0.845. The number of rotatable bonds is 3. The Bertz CT molecular complexity index is 494. The maximum atomic E-state index is 12.9. The zero-order chi connectivity index (χ0) is 14.8. The number of carbonyl (C=O) groups excluding carboxylic acids is 1. The van der Waals surface area contributed by atoms with Crippen molar-refractivity contribution in [2.75, 3.05) is 19.6 Å². The van der Waals surface area contributed by atoms with Crippen molar-refractivity contribution in [2.45, 2.75) is 31.4 Å². The smallest absolute Gasteiger partial charge is 0.327 e. The summed E-state index contributed by atoms with van der Waals surface area (Å²) in [6.45, 7) is 3.02. The molecule has 3 unspecified atom stereocenters. The Balaban J connectivity index is 1.59. The van der Waals surface area contributed by atoms with E-state index in [0.29, 0.717) is 11.5 Å². The lowest BCUT2D eigenvalue weighted by Gasteiger charge is -2.41. The third-order valence-corrected chi connectivity index (χ3v) is 4.43. The third-order valence-electron chi connectivity index (χ3n) is 4.43. The van der Waals surface area contributed by atoms with Gasteiger partial charge in [-0.1, -0.05) is 12.1 Å². The predicted octanol–water partition coefficient (Wildman–Crippen LogP) is 1.85. The van der Waals surface area contributed by atoms with Crippen LogP contribution in [0.1, 0.15) is 30.9 Å². The van der Waals surface area contributed by atoms with Gasteiger partial charge in [-0.25, -0.2) is 9.18 Å². The molecule has 2 heterocycles. The van der Waals surface area contributed by atoms with Crippen LogP contribution < -0.4 is 5.73 Å². The second-order valence-corrected chi connectivity index (χ2v) is 6.09. The second-order valence-electron chi connectivity index (χ2n) is 6.09. The van der Waals surface area contributed by atoms with Crippen molar-refractivity contribution in [3.8, 4) is 0 Å². The van der Waals surface area contributed by atoms with E-state index in [0.717, 1.165) is 26.1 Å². The first-order chi connectivity index (χ1) is 10.1. The van der Waals surface area contributed by atoms with Crippen LogP contribution in [0.4, 0.5) is 4.39 Å². The van der Waals surface area contributed by atoms with Crippen molar-refractivity contribution in [3.05, 3.63) is 35.6 Å². The topological polar surface area (TPSA) is 55.6 Å². The Morgan fingerprint density at radius 2 is 2.10 bits per heavy atom. The van der Waals surface area contributed by atoms with E-state index in [9.17, 15) is 9.18 Å². The summed E-state index contributed by atoms with van der Waals surface area (Å²) in [5, 5.41) is 0. The van der Waals surface area contributed by atoms with Crippen LogP contribution in [-0.2, 0) is 9.53 Å². The summed E-state index contributed by atoms with van der Waals surface area (Å²) in [6, 6.07) is 4.82. The highest BCUT2D eigenvalue weighted by molar-refractivity contribution is 5.77. The molecule has 0 amide bonds. The van der Waals surface area contributed by atoms with Gasteiger partial charge in [0.25, 0.3) is 0 Å². The van der Waals surface area contributed by atoms with E-state index in [1.807, 2.05) is 0 Å². The van der Waals surface area contributed by atoms with Crippen molar-refractivity contribution in [1.82, 2.24) is 4.90 Å². The summed E-state index contributed by atoms with van der Waals surface area (Å²) in [5.41, 5.74) is 6.49. The monoisotopic (exact) mass is 292 g/mol. The lowest BCUT2D eigenvalue weighted by molar-refractivity contribution is -0.155. The molecule has 0 radical (unpaired) electrons. The number of esters is 1. The standard InChI is InChI=1S/C16H21FN2O2/c17-13-5-3-12(4-6-13)15(18)16(20)21-14-8-11-2-1-7-19(9-11)10-14/h3-6,11,14-15H,1-2,7-10,18H2/t11?,14-,15?/m1/s1. The molecule has 0 saturated carbocycles. The number of fused-ring (bicyclic) bond motifs is 2. The summed E-state index contributed by atoms with van der Waals surface area (Å²) >= 11 is 0. The molecule has 2 saturated heterocycles. The van der Waals surface area contributed by atoms with Gasteiger partial charge >= 0.3 is 5.97 Å². The SMILES string of the molecule is NC(C(=O)O[C@@H]1CC2CCCN(C2)C1)c1ccc(F)cc1. The van der Waals surface area contributed by atoms with Crippen LogP contribution in [-0.4, -0.2) is 36.6 Å². The molecule has 114 valence electrons. The van der Waals surface area contributed by atoms with Gasteiger partial charge in [-0.3, -0.25) is 4.90 Å². The quantitative estimate of drug-likeness (QED) is 0.864. The van der Waals surface area contributed by atoms with Gasteiger partial charge in [0.2, 0.25) is 0 Å². The lowest BCUT2D eigenvalue weighted by atomic mass is 9.88. The van der Waals surface area contributed by atoms with E-state index in [4.69, 9.17) is 10.5 Å². The second kappa shape index (κ2) is 6.12. The number of carbonyl (C=O) groups is 1. The number of piperidine rings is 2. The van der Waals surface area contributed by atoms with Crippen LogP contribution in [0.15, 0.2) is 24.3 Å². The summed E-state index contributed by atoms with van der Waals surface area (Å²) in [5.74, 6) is -0.132. The Kier molecular flexibility index (Phi) is 4.22. The number of nitrogens with two attached hydrogens (primary N) is 1. The summed E-state index contributed by atoms with van der Waals surface area (Å²) in [4.78, 5) is 14.5. The fourth-order valence-corrected chi connectivity index (χ4v) is 3.37. The van der Waals surface area contributed by atoms with E-state index in [1.54, 1.807) is 0 Å². The summed E-state index contributed by atoms with van der Waals surface area (Å²) < 4.78 is 18.5. The van der Waals surface area contributed by atoms with Gasteiger partial charge in [0.1, 0.15) is 18.0 Å². The fraction of sp³-hybridized carbons (Fsp3) is 0.562. The van der Waals surface area contributed by atoms with Crippen LogP contribution in [0, 0.1) is 11.7 Å². The molecule has 0 spiro atoms. The molecule has 2 N–H and O–H groups in total. The molecule has 21 heavy (non-hydrogen) atoms. The molecule has 4 nitrogen and oxygen atoms in total. The number of halogens is 1. The molecule has 2 bridgehead atoms. The van der Waals surface area contributed by atoms with Crippen molar-refractivity contribution in [1.29, 1.82) is 0 Å². The largest absolute Gasteiger partial charge is 0.460 e. The Hall–Kier alpha value is -1.46. The van der Waals surface area contributed by atoms with E-state index >= 15 is 0 Å². The number of hydrogen-bond acceptors (Lipinski definition) is 4. The van der Waals surface area contributed by atoms with E-state index in [2.05, 4.69) is 4.90 Å². The zero-order valence-electron chi connectivity index (χ0n) is 12.0. The fourth-order valence-electron chi connectivity index (χ4n) is 3.37. The van der Waals surface area contributed by atoms with E-state index in [1.165, 1.54) is 37.1 Å². The molecule has 4 atom stereocenters. The summed E-state index contributed by atoms with van der Waals surface area (Å²) in [7, 11) is 0. The zero-order valence-corrected chi connectivity index (χ0v) is 12.0. The summed E-state index contributed by atoms with van der Waals surface area (Å²) in [6.07, 6.45) is 3.32. The van der Waals surface area contributed by atoms with Crippen LogP contribution in [0.2, 0.25) is 0 Å². The first-order valence-electron chi connectivity index (χ1n) is 7.55. The maximum Gasteiger partial charge on any atom is 0.327 e. The Morgan fingerprint density at radius 1 is 1.33 bits per heavy atom. The highest BCUT2D eigenvalue weighted by Gasteiger charge is 2.33. The molecular weight excluding hydrogens is 271 g/mol. The molecule has 1 aromatic rings. The average molecular weight is 292 g/mol. The first kappa shape index (κ1) is 14.5. The van der Waals surface area contributed by atoms with Gasteiger partial charge in [-0.05, 0) is 49.4 Å². The number of hydrogen-bond donors (Lipinski definition) is 1. The van der Waals surface area contributed by atoms with Crippen LogP contribution in [0.3, 0.4) is 0 Å². The highest BCUT2D eigenvalue weighted by atomic mass is 19.1. The molecule has 1 aromatic carbocycles. The number of ether oxygens (including phenoxy) is 1. The first-order valence-corrected chi connectivity index (χ1v) is 7.55. The van der Waals surface area contributed by atoms with Crippen LogP contribution in [0.25, 0.3) is 0 Å². The molecule has 3 rings (SSSR count). The van der Waals surface area contributed by atoms with Gasteiger partial charge in [0.05, 0.1) is 0 Å². The average Bonchev–Trinajstić information content (AvgIpc) is 2.47. The van der Waals surface area contributed by atoms with Gasteiger partial charge in [0.15, 0.2) is 0 Å². The molecule has 2 aliphatic heterocycles. The minimum absolute atomic E-state index is 0.0666. The van der Waals surface area contributed by atoms with Crippen LogP contribution >= 0.6 is 0 Å². The Labute approximate surface area is 124 Å². The van der Waals surface area contributed by atoms with E-state index in [-0.39, 0.29) is 11.9 Å². The van der Waals surface area contributed by atoms with Gasteiger partial charge in [-0.2, -0.15) is 0 Å². The Morgan fingerprint density at radius 3 is 2.81 bits per heavy atom. The van der Waals surface area contributed by atoms with Crippen molar-refractivity contribution in [2.24, 2.45) is 11.7 Å². The minimum Gasteiger partial charge on any atom is -0.460 e. The highest BCUT2D eigenvalue weighted by Crippen LogP contribution is 2.28. The van der Waals surface area contributed by atoms with Crippen molar-refractivity contribution in [3.63, 3.8) is 0 Å². The molecular formula is C16H21FN2O2. The molecule has 0 aromatic heterocycles. The molecule has 2 aliphatic rings. The van der Waals surface area contributed by atoms with Gasteiger partial charge in [0, 0.05) is 13.1 Å². The normalized spacial score (nSPS) is 29.7. The predicted molar refractivity (Wildman–Crippen MR) is 77.0 cm³/mol. The maximum absolute atomic E-state index is 12.9. The number of nitrogens with zero attached hydrogens (tertiary/aromatic N) is 1. The molecule has 0 aliphatic carbocycles. The molecule has 2 fully saturated rings. The molecule has 5 heteroatoms. The third kappa shape index (κ3) is 3.41. The van der Waals surface area contributed by atoms with Crippen LogP contribution in [0.5, 0.6) is 0 Å². The van der Waals surface area contributed by atoms with Crippen molar-refractivity contribution < 1.29 is 13.9 Å². The van der Waals surface area contributed by atoms with Crippen molar-refractivity contribution >= 4 is 5.97 Å². The number of benzene rings is 1. The van der Waals surface area contributed by atoms with E-state index < -0.39 is 12.0 Å². The van der Waals surface area contributed by atoms with Gasteiger partial charge < -0.3 is 10.5 Å². The van der Waals surface area contributed by atoms with Gasteiger partial charge in [-0.15, -0.1) is 0 Å².